The maximum absolute atomic E-state index is 12.6. The number of ether oxygens (including phenoxy) is 2. The van der Waals surface area contributed by atoms with Gasteiger partial charge in [0.15, 0.2) is 0 Å². The molecule has 0 saturated heterocycles. The number of carbonyl (C=O) groups excluding carboxylic acids is 2. The first-order valence-electron chi connectivity index (χ1n) is 11.1. The van der Waals surface area contributed by atoms with Crippen LogP contribution in [0.15, 0.2) is 77.9 Å². The molecule has 2 N–H and O–H groups in total. The van der Waals surface area contributed by atoms with Crippen LogP contribution in [0.5, 0.6) is 11.5 Å². The van der Waals surface area contributed by atoms with Gasteiger partial charge in [-0.05, 0) is 77.7 Å². The molecule has 0 radical (unpaired) electrons. The van der Waals surface area contributed by atoms with Gasteiger partial charge in [0.05, 0.1) is 13.3 Å². The lowest BCUT2D eigenvalue weighted by Gasteiger charge is -2.20. The topological polar surface area (TPSA) is 89.0 Å². The molecule has 3 aromatic carbocycles. The summed E-state index contributed by atoms with van der Waals surface area (Å²) in [4.78, 5) is 25.2. The molecule has 0 saturated carbocycles. The molecular formula is C27H28ClN3O4. The van der Waals surface area contributed by atoms with E-state index >= 15 is 0 Å². The number of hydrazone groups is 1. The van der Waals surface area contributed by atoms with Crippen molar-refractivity contribution >= 4 is 29.6 Å². The largest absolute Gasteiger partial charge is 0.497 e. The molecule has 1 unspecified atom stereocenters. The van der Waals surface area contributed by atoms with Gasteiger partial charge in [0.2, 0.25) is 0 Å². The molecule has 0 heterocycles. The number of hydrogen-bond acceptors (Lipinski definition) is 5. The van der Waals surface area contributed by atoms with Gasteiger partial charge in [-0.15, -0.1) is 0 Å². The van der Waals surface area contributed by atoms with Gasteiger partial charge in [0.1, 0.15) is 24.1 Å². The van der Waals surface area contributed by atoms with E-state index in [9.17, 15) is 9.59 Å². The summed E-state index contributed by atoms with van der Waals surface area (Å²) < 4.78 is 10.9. The summed E-state index contributed by atoms with van der Waals surface area (Å²) in [5, 5.41) is 7.48. The van der Waals surface area contributed by atoms with Gasteiger partial charge in [-0.2, -0.15) is 5.10 Å². The van der Waals surface area contributed by atoms with Crippen molar-refractivity contribution in [2.45, 2.75) is 26.5 Å². The minimum absolute atomic E-state index is 0.135. The van der Waals surface area contributed by atoms with Crippen molar-refractivity contribution in [1.29, 1.82) is 0 Å². The maximum atomic E-state index is 12.6. The van der Waals surface area contributed by atoms with E-state index in [-0.39, 0.29) is 11.8 Å². The molecule has 0 bridgehead atoms. The van der Waals surface area contributed by atoms with Crippen molar-refractivity contribution in [2.24, 2.45) is 11.0 Å². The zero-order valence-corrected chi connectivity index (χ0v) is 20.6. The molecule has 0 aliphatic heterocycles. The van der Waals surface area contributed by atoms with Crippen molar-refractivity contribution in [3.05, 3.63) is 94.5 Å². The molecule has 0 aromatic heterocycles. The quantitative estimate of drug-likeness (QED) is 0.312. The van der Waals surface area contributed by atoms with Crippen molar-refractivity contribution in [3.8, 4) is 11.5 Å². The monoisotopic (exact) mass is 493 g/mol. The summed E-state index contributed by atoms with van der Waals surface area (Å²) in [7, 11) is 1.56. The van der Waals surface area contributed by atoms with Crippen LogP contribution in [0.4, 0.5) is 0 Å². The highest BCUT2D eigenvalue weighted by Crippen LogP contribution is 2.15. The molecular weight excluding hydrogens is 466 g/mol. The van der Waals surface area contributed by atoms with E-state index in [4.69, 9.17) is 21.1 Å². The first-order chi connectivity index (χ1) is 16.9. The number of amides is 2. The van der Waals surface area contributed by atoms with E-state index in [1.165, 1.54) is 6.21 Å². The predicted molar refractivity (Wildman–Crippen MR) is 137 cm³/mol. The van der Waals surface area contributed by atoms with Gasteiger partial charge in [-0.1, -0.05) is 37.6 Å². The average molecular weight is 494 g/mol. The second-order valence-corrected chi connectivity index (χ2v) is 8.58. The lowest BCUT2D eigenvalue weighted by Crippen LogP contribution is -2.48. The second kappa shape index (κ2) is 12.6. The van der Waals surface area contributed by atoms with Crippen LogP contribution < -0.4 is 20.2 Å². The summed E-state index contributed by atoms with van der Waals surface area (Å²) in [5.41, 5.74) is 4.74. The Morgan fingerprint density at radius 3 is 2.17 bits per heavy atom. The number of hydrogen-bond donors (Lipinski definition) is 2. The van der Waals surface area contributed by atoms with Crippen LogP contribution in [0.1, 0.15) is 35.3 Å². The van der Waals surface area contributed by atoms with Gasteiger partial charge < -0.3 is 14.8 Å². The predicted octanol–water partition coefficient (Wildman–Crippen LogP) is 4.83. The lowest BCUT2D eigenvalue weighted by atomic mass is 10.0. The molecule has 2 amide bonds. The number of rotatable bonds is 10. The Kier molecular flexibility index (Phi) is 9.26. The Morgan fingerprint density at radius 2 is 1.57 bits per heavy atom. The highest BCUT2D eigenvalue weighted by Gasteiger charge is 2.24. The molecule has 7 nitrogen and oxygen atoms in total. The highest BCUT2D eigenvalue weighted by molar-refractivity contribution is 6.30. The molecule has 0 aliphatic rings. The maximum Gasteiger partial charge on any atom is 0.262 e. The van der Waals surface area contributed by atoms with E-state index in [1.807, 2.05) is 62.4 Å². The Morgan fingerprint density at radius 1 is 0.943 bits per heavy atom. The average Bonchev–Trinajstić information content (AvgIpc) is 2.87. The molecule has 3 aromatic rings. The van der Waals surface area contributed by atoms with Crippen molar-refractivity contribution in [1.82, 2.24) is 10.7 Å². The summed E-state index contributed by atoms with van der Waals surface area (Å²) >= 11 is 5.90. The van der Waals surface area contributed by atoms with E-state index in [1.54, 1.807) is 31.4 Å². The number of methoxy groups -OCH3 is 1. The summed E-state index contributed by atoms with van der Waals surface area (Å²) in [6.45, 7) is 4.13. The molecule has 1 atom stereocenters. The van der Waals surface area contributed by atoms with Crippen molar-refractivity contribution in [2.75, 3.05) is 7.11 Å². The fourth-order valence-corrected chi connectivity index (χ4v) is 3.27. The van der Waals surface area contributed by atoms with E-state index < -0.39 is 11.9 Å². The zero-order valence-electron chi connectivity index (χ0n) is 19.8. The Hall–Kier alpha value is -3.84. The summed E-state index contributed by atoms with van der Waals surface area (Å²) in [6, 6.07) is 20.7. The van der Waals surface area contributed by atoms with Crippen LogP contribution in [0.25, 0.3) is 0 Å². The minimum Gasteiger partial charge on any atom is -0.497 e. The van der Waals surface area contributed by atoms with E-state index in [0.717, 1.165) is 11.1 Å². The first-order valence-corrected chi connectivity index (χ1v) is 11.5. The first kappa shape index (κ1) is 25.8. The fourth-order valence-electron chi connectivity index (χ4n) is 3.14. The van der Waals surface area contributed by atoms with Crippen LogP contribution in [-0.4, -0.2) is 31.2 Å². The van der Waals surface area contributed by atoms with Crippen LogP contribution in [-0.2, 0) is 11.4 Å². The Balaban J connectivity index is 1.52. The second-order valence-electron chi connectivity index (χ2n) is 8.14. The summed E-state index contributed by atoms with van der Waals surface area (Å²) in [6.07, 6.45) is 1.53. The van der Waals surface area contributed by atoms with Gasteiger partial charge in [0, 0.05) is 10.6 Å². The minimum atomic E-state index is -0.745. The highest BCUT2D eigenvalue weighted by atomic mass is 35.5. The molecule has 3 rings (SSSR count). The zero-order chi connectivity index (χ0) is 25.2. The molecule has 35 heavy (non-hydrogen) atoms. The molecule has 0 spiro atoms. The van der Waals surface area contributed by atoms with Crippen LogP contribution in [0.3, 0.4) is 0 Å². The van der Waals surface area contributed by atoms with Crippen LogP contribution in [0, 0.1) is 5.92 Å². The SMILES string of the molecule is COc1ccc(C(=O)NC(C(=O)NN=Cc2ccc(OCc3ccc(Cl)cc3)cc2)C(C)C)cc1. The lowest BCUT2D eigenvalue weighted by molar-refractivity contribution is -0.123. The van der Waals surface area contributed by atoms with Gasteiger partial charge in [0.25, 0.3) is 11.8 Å². The third kappa shape index (κ3) is 7.86. The number of nitrogens with one attached hydrogen (secondary N) is 2. The van der Waals surface area contributed by atoms with Crippen molar-refractivity contribution in [3.63, 3.8) is 0 Å². The fraction of sp³-hybridized carbons (Fsp3) is 0.222. The van der Waals surface area contributed by atoms with Crippen LogP contribution >= 0.6 is 11.6 Å². The number of benzene rings is 3. The smallest absolute Gasteiger partial charge is 0.262 e. The molecule has 182 valence electrons. The standard InChI is InChI=1S/C27H28ClN3O4/c1-18(2)25(30-26(32)21-8-14-23(34-3)15-9-21)27(33)31-29-16-19-6-12-24(13-7-19)35-17-20-4-10-22(28)11-5-20/h4-16,18,25H,17H2,1-3H3,(H,30,32)(H,31,33). The van der Waals surface area contributed by atoms with Crippen LogP contribution in [0.2, 0.25) is 5.02 Å². The number of nitrogens with zero attached hydrogens (tertiary/aromatic N) is 1. The molecule has 8 heteroatoms. The molecule has 0 fully saturated rings. The number of halogens is 1. The Bertz CT molecular complexity index is 1140. The van der Waals surface area contributed by atoms with Crippen molar-refractivity contribution < 1.29 is 19.1 Å². The molecule has 0 aliphatic carbocycles. The van der Waals surface area contributed by atoms with Gasteiger partial charge in [-0.25, -0.2) is 5.43 Å². The van der Waals surface area contributed by atoms with Gasteiger partial charge >= 0.3 is 0 Å². The van der Waals surface area contributed by atoms with Gasteiger partial charge in [-0.3, -0.25) is 9.59 Å². The van der Waals surface area contributed by atoms with E-state index in [2.05, 4.69) is 15.8 Å². The van der Waals surface area contributed by atoms with E-state index in [0.29, 0.717) is 28.7 Å². The normalized spacial score (nSPS) is 11.8. The third-order valence-corrected chi connectivity index (χ3v) is 5.43. The third-order valence-electron chi connectivity index (χ3n) is 5.18. The summed E-state index contributed by atoms with van der Waals surface area (Å²) in [5.74, 6) is 0.475. The number of carbonyl (C=O) groups is 2. The Labute approximate surface area is 210 Å².